The van der Waals surface area contributed by atoms with Gasteiger partial charge in [0.25, 0.3) is 0 Å². The Morgan fingerprint density at radius 2 is 1.62 bits per heavy atom. The average molecular weight is 351 g/mol. The number of halogens is 3. The Labute approximate surface area is 138 Å². The van der Waals surface area contributed by atoms with E-state index < -0.39 is 22.5 Å². The van der Waals surface area contributed by atoms with Gasteiger partial charge in [-0.3, -0.25) is 4.21 Å². The molecule has 0 saturated heterocycles. The largest absolute Gasteiger partial charge is 0.416 e. The van der Waals surface area contributed by atoms with Crippen LogP contribution in [0.4, 0.5) is 13.2 Å². The van der Waals surface area contributed by atoms with E-state index in [-0.39, 0.29) is 5.03 Å². The van der Waals surface area contributed by atoms with E-state index in [1.807, 2.05) is 6.07 Å². The summed E-state index contributed by atoms with van der Waals surface area (Å²) in [7, 11) is -1.43. The molecule has 0 radical (unpaired) electrons. The highest BCUT2D eigenvalue weighted by Crippen LogP contribution is 2.32. The predicted molar refractivity (Wildman–Crippen MR) is 84.1 cm³/mol. The van der Waals surface area contributed by atoms with Gasteiger partial charge >= 0.3 is 6.18 Å². The fourth-order valence-corrected chi connectivity index (χ4v) is 2.90. The van der Waals surface area contributed by atoms with E-state index in [2.05, 4.69) is 10.3 Å². The zero-order chi connectivity index (χ0) is 17.3. The van der Waals surface area contributed by atoms with Crippen molar-refractivity contribution in [1.82, 2.24) is 15.0 Å². The van der Waals surface area contributed by atoms with Gasteiger partial charge in [0.15, 0.2) is 5.03 Å². The highest BCUT2D eigenvalue weighted by molar-refractivity contribution is 7.84. The maximum Gasteiger partial charge on any atom is 0.416 e. The van der Waals surface area contributed by atoms with Crippen LogP contribution in [0.1, 0.15) is 5.56 Å². The molecule has 0 aliphatic heterocycles. The minimum atomic E-state index is -4.41. The van der Waals surface area contributed by atoms with Crippen molar-refractivity contribution < 1.29 is 17.4 Å². The zero-order valence-electron chi connectivity index (χ0n) is 12.5. The fraction of sp³-hybridized carbons (Fsp3) is 0.125. The molecule has 124 valence electrons. The number of benzene rings is 2. The molecule has 0 spiro atoms. The van der Waals surface area contributed by atoms with Crippen molar-refractivity contribution >= 4 is 10.8 Å². The summed E-state index contributed by atoms with van der Waals surface area (Å²) in [6.07, 6.45) is -2.96. The van der Waals surface area contributed by atoms with E-state index in [1.165, 1.54) is 23.1 Å². The first-order valence-corrected chi connectivity index (χ1v) is 8.46. The second-order valence-corrected chi connectivity index (χ2v) is 6.31. The maximum absolute atomic E-state index is 12.7. The van der Waals surface area contributed by atoms with Gasteiger partial charge in [-0.2, -0.15) is 13.2 Å². The van der Waals surface area contributed by atoms with Crippen LogP contribution >= 0.6 is 0 Å². The van der Waals surface area contributed by atoms with E-state index >= 15 is 0 Å². The molecule has 0 bridgehead atoms. The van der Waals surface area contributed by atoms with Crippen molar-refractivity contribution in [2.75, 3.05) is 6.26 Å². The molecule has 0 aliphatic rings. The van der Waals surface area contributed by atoms with E-state index in [0.29, 0.717) is 16.9 Å². The van der Waals surface area contributed by atoms with Gasteiger partial charge in [-0.1, -0.05) is 35.5 Å². The minimum Gasteiger partial charge on any atom is -0.253 e. The van der Waals surface area contributed by atoms with Crippen molar-refractivity contribution in [1.29, 1.82) is 0 Å². The van der Waals surface area contributed by atoms with Crippen LogP contribution < -0.4 is 0 Å². The van der Waals surface area contributed by atoms with Gasteiger partial charge in [0.2, 0.25) is 0 Å². The number of rotatable bonds is 3. The summed E-state index contributed by atoms with van der Waals surface area (Å²) in [6.45, 7) is 0. The number of nitrogens with zero attached hydrogens (tertiary/aromatic N) is 3. The molecule has 0 saturated carbocycles. The molecule has 0 fully saturated rings. The van der Waals surface area contributed by atoms with E-state index in [0.717, 1.165) is 12.1 Å². The fourth-order valence-electron chi connectivity index (χ4n) is 2.27. The summed E-state index contributed by atoms with van der Waals surface area (Å²) in [5, 5.41) is 8.16. The SMILES string of the molecule is CS(=O)c1nnn(-c2ccccc2)c1-c1ccc(C(F)(F)F)cc1. The summed E-state index contributed by atoms with van der Waals surface area (Å²) in [4.78, 5) is 0. The Morgan fingerprint density at radius 1 is 1.00 bits per heavy atom. The molecule has 3 aromatic rings. The van der Waals surface area contributed by atoms with Crippen LogP contribution in [-0.4, -0.2) is 25.5 Å². The summed E-state index contributed by atoms with van der Waals surface area (Å²) in [5.74, 6) is 0. The van der Waals surface area contributed by atoms with Gasteiger partial charge in [-0.05, 0) is 24.3 Å². The van der Waals surface area contributed by atoms with Crippen molar-refractivity contribution in [2.24, 2.45) is 0 Å². The van der Waals surface area contributed by atoms with Gasteiger partial charge in [0.1, 0.15) is 5.69 Å². The first-order valence-electron chi connectivity index (χ1n) is 6.90. The standard InChI is InChI=1S/C16H12F3N3OS/c1-24(23)15-14(11-7-9-12(10-8-11)16(17,18)19)22(21-20-15)13-5-3-2-4-6-13/h2-10H,1H3. The van der Waals surface area contributed by atoms with Gasteiger partial charge < -0.3 is 0 Å². The Morgan fingerprint density at radius 3 is 2.17 bits per heavy atom. The quantitative estimate of drug-likeness (QED) is 0.723. The van der Waals surface area contributed by atoms with Gasteiger partial charge in [0, 0.05) is 11.8 Å². The molecule has 1 heterocycles. The molecule has 3 rings (SSSR count). The Kier molecular flexibility index (Phi) is 4.23. The third-order valence-corrected chi connectivity index (χ3v) is 4.22. The van der Waals surface area contributed by atoms with Crippen molar-refractivity contribution in [3.63, 3.8) is 0 Å². The van der Waals surface area contributed by atoms with Crippen LogP contribution in [0.25, 0.3) is 16.9 Å². The van der Waals surface area contributed by atoms with Crippen LogP contribution in [0.15, 0.2) is 59.6 Å². The highest BCUT2D eigenvalue weighted by atomic mass is 32.2. The molecule has 1 aromatic heterocycles. The van der Waals surface area contributed by atoms with Gasteiger partial charge in [-0.15, -0.1) is 5.10 Å². The lowest BCUT2D eigenvalue weighted by molar-refractivity contribution is -0.137. The van der Waals surface area contributed by atoms with E-state index in [4.69, 9.17) is 0 Å². The Bertz CT molecular complexity index is 874. The van der Waals surface area contributed by atoms with Crippen LogP contribution in [0, 0.1) is 0 Å². The summed E-state index contributed by atoms with van der Waals surface area (Å²) in [6, 6.07) is 13.6. The molecule has 2 aromatic carbocycles. The molecule has 0 amide bonds. The van der Waals surface area contributed by atoms with Crippen molar-refractivity contribution in [2.45, 2.75) is 11.2 Å². The molecular weight excluding hydrogens is 339 g/mol. The summed E-state index contributed by atoms with van der Waals surface area (Å²) >= 11 is 0. The van der Waals surface area contributed by atoms with Crippen LogP contribution in [-0.2, 0) is 17.0 Å². The molecule has 24 heavy (non-hydrogen) atoms. The van der Waals surface area contributed by atoms with Gasteiger partial charge in [0.05, 0.1) is 22.1 Å². The predicted octanol–water partition coefficient (Wildman–Crippen LogP) is 3.69. The summed E-state index contributed by atoms with van der Waals surface area (Å²) in [5.41, 5.74) is 0.804. The molecule has 0 aliphatic carbocycles. The molecule has 0 N–H and O–H groups in total. The van der Waals surface area contributed by atoms with Crippen LogP contribution in [0.3, 0.4) is 0 Å². The number of hydrogen-bond acceptors (Lipinski definition) is 3. The summed E-state index contributed by atoms with van der Waals surface area (Å²) < 4.78 is 51.6. The lowest BCUT2D eigenvalue weighted by Crippen LogP contribution is -2.05. The number of aromatic nitrogens is 3. The molecular formula is C16H12F3N3OS. The molecule has 4 nitrogen and oxygen atoms in total. The van der Waals surface area contributed by atoms with Crippen molar-refractivity contribution in [3.8, 4) is 16.9 Å². The first-order chi connectivity index (χ1) is 11.4. The monoisotopic (exact) mass is 351 g/mol. The average Bonchev–Trinajstić information content (AvgIpc) is 3.00. The Hall–Kier alpha value is -2.48. The minimum absolute atomic E-state index is 0.221. The lowest BCUT2D eigenvalue weighted by Gasteiger charge is -2.10. The third kappa shape index (κ3) is 3.09. The highest BCUT2D eigenvalue weighted by Gasteiger charge is 2.30. The lowest BCUT2D eigenvalue weighted by atomic mass is 10.1. The molecule has 8 heteroatoms. The molecule has 1 atom stereocenters. The zero-order valence-corrected chi connectivity index (χ0v) is 13.3. The number of para-hydroxylation sites is 1. The number of hydrogen-bond donors (Lipinski definition) is 0. The maximum atomic E-state index is 12.7. The normalized spacial score (nSPS) is 13.0. The first kappa shape index (κ1) is 16.4. The van der Waals surface area contributed by atoms with E-state index in [9.17, 15) is 17.4 Å². The Balaban J connectivity index is 2.16. The van der Waals surface area contributed by atoms with Crippen molar-refractivity contribution in [3.05, 3.63) is 60.2 Å². The van der Waals surface area contributed by atoms with Crippen LogP contribution in [0.5, 0.6) is 0 Å². The van der Waals surface area contributed by atoms with Crippen LogP contribution in [0.2, 0.25) is 0 Å². The topological polar surface area (TPSA) is 47.8 Å². The smallest absolute Gasteiger partial charge is 0.253 e. The second kappa shape index (κ2) is 6.20. The molecule has 1 unspecified atom stereocenters. The number of alkyl halides is 3. The van der Waals surface area contributed by atoms with Gasteiger partial charge in [-0.25, -0.2) is 4.68 Å². The second-order valence-electron chi connectivity index (χ2n) is 5.02. The van der Waals surface area contributed by atoms with E-state index in [1.54, 1.807) is 24.3 Å². The third-order valence-electron chi connectivity index (χ3n) is 3.40.